The highest BCUT2D eigenvalue weighted by molar-refractivity contribution is 5.39. The second-order valence-corrected chi connectivity index (χ2v) is 3.40. The van der Waals surface area contributed by atoms with Crippen LogP contribution in [0.15, 0.2) is 35.1 Å². The average molecular weight is 188 g/mol. The quantitative estimate of drug-likeness (QED) is 0.727. The Labute approximate surface area is 82.0 Å². The van der Waals surface area contributed by atoms with Crippen molar-refractivity contribution in [2.75, 3.05) is 0 Å². The first kappa shape index (κ1) is 8.81. The SMILES string of the molecule is Cc1cc(=O)n(-c2ccccc2C)[nH]1. The molecule has 0 saturated carbocycles. The van der Waals surface area contributed by atoms with E-state index in [2.05, 4.69) is 5.10 Å². The molecule has 0 aliphatic heterocycles. The van der Waals surface area contributed by atoms with E-state index in [9.17, 15) is 4.79 Å². The molecular formula is C11H12N2O. The summed E-state index contributed by atoms with van der Waals surface area (Å²) in [6.45, 7) is 3.86. The molecule has 1 heterocycles. The number of nitrogens with one attached hydrogen (secondary N) is 1. The Morgan fingerprint density at radius 2 is 1.93 bits per heavy atom. The molecule has 0 radical (unpaired) electrons. The second kappa shape index (κ2) is 3.18. The molecule has 0 amide bonds. The topological polar surface area (TPSA) is 37.8 Å². The lowest BCUT2D eigenvalue weighted by molar-refractivity contribution is 0.829. The minimum atomic E-state index is -0.0169. The van der Waals surface area contributed by atoms with Crippen LogP contribution < -0.4 is 5.56 Å². The molecule has 0 aliphatic carbocycles. The number of aryl methyl sites for hydroxylation is 2. The van der Waals surface area contributed by atoms with Crippen molar-refractivity contribution in [1.82, 2.24) is 9.78 Å². The first-order chi connectivity index (χ1) is 6.68. The monoisotopic (exact) mass is 188 g/mol. The zero-order chi connectivity index (χ0) is 10.1. The molecule has 2 rings (SSSR count). The van der Waals surface area contributed by atoms with E-state index in [-0.39, 0.29) is 5.56 Å². The molecule has 0 spiro atoms. The Balaban J connectivity index is 2.66. The lowest BCUT2D eigenvalue weighted by Gasteiger charge is -2.04. The van der Waals surface area contributed by atoms with Gasteiger partial charge in [0.1, 0.15) is 0 Å². The van der Waals surface area contributed by atoms with Crippen molar-refractivity contribution in [2.45, 2.75) is 13.8 Å². The van der Waals surface area contributed by atoms with Crippen LogP contribution in [0.3, 0.4) is 0 Å². The fraction of sp³-hybridized carbons (Fsp3) is 0.182. The Morgan fingerprint density at radius 3 is 2.50 bits per heavy atom. The van der Waals surface area contributed by atoms with E-state index in [0.29, 0.717) is 0 Å². The van der Waals surface area contributed by atoms with Crippen LogP contribution in [0.5, 0.6) is 0 Å². The molecule has 1 aromatic heterocycles. The van der Waals surface area contributed by atoms with Gasteiger partial charge in [-0.3, -0.25) is 9.89 Å². The number of rotatable bonds is 1. The maximum atomic E-state index is 11.5. The number of aromatic amines is 1. The molecule has 72 valence electrons. The highest BCUT2D eigenvalue weighted by atomic mass is 16.1. The van der Waals surface area contributed by atoms with Crippen molar-refractivity contribution >= 4 is 0 Å². The minimum Gasteiger partial charge on any atom is -0.295 e. The Bertz CT molecular complexity index is 508. The first-order valence-electron chi connectivity index (χ1n) is 4.53. The average Bonchev–Trinajstić information content (AvgIpc) is 2.46. The predicted molar refractivity (Wildman–Crippen MR) is 55.9 cm³/mol. The van der Waals surface area contributed by atoms with Crippen LogP contribution in [0.2, 0.25) is 0 Å². The van der Waals surface area contributed by atoms with Gasteiger partial charge in [0.2, 0.25) is 0 Å². The van der Waals surface area contributed by atoms with Crippen molar-refractivity contribution in [3.63, 3.8) is 0 Å². The molecule has 0 bridgehead atoms. The van der Waals surface area contributed by atoms with Gasteiger partial charge in [0.25, 0.3) is 5.56 Å². The number of H-pyrrole nitrogens is 1. The summed E-state index contributed by atoms with van der Waals surface area (Å²) in [4.78, 5) is 11.5. The summed E-state index contributed by atoms with van der Waals surface area (Å²) in [5.74, 6) is 0. The van der Waals surface area contributed by atoms with Crippen LogP contribution in [-0.2, 0) is 0 Å². The summed E-state index contributed by atoms with van der Waals surface area (Å²) in [7, 11) is 0. The van der Waals surface area contributed by atoms with E-state index in [1.807, 2.05) is 38.1 Å². The van der Waals surface area contributed by atoms with Crippen molar-refractivity contribution in [3.05, 3.63) is 51.9 Å². The Kier molecular flexibility index (Phi) is 2.00. The van der Waals surface area contributed by atoms with Gasteiger partial charge in [-0.2, -0.15) is 0 Å². The van der Waals surface area contributed by atoms with Gasteiger partial charge in [-0.25, -0.2) is 4.68 Å². The maximum absolute atomic E-state index is 11.5. The Hall–Kier alpha value is -1.77. The van der Waals surface area contributed by atoms with Gasteiger partial charge < -0.3 is 0 Å². The third-order valence-electron chi connectivity index (χ3n) is 2.20. The van der Waals surface area contributed by atoms with Crippen LogP contribution >= 0.6 is 0 Å². The van der Waals surface area contributed by atoms with Crippen LogP contribution in [0.25, 0.3) is 5.69 Å². The van der Waals surface area contributed by atoms with Gasteiger partial charge >= 0.3 is 0 Å². The van der Waals surface area contributed by atoms with Crippen LogP contribution in [0, 0.1) is 13.8 Å². The largest absolute Gasteiger partial charge is 0.295 e. The van der Waals surface area contributed by atoms with Gasteiger partial charge in [0, 0.05) is 11.8 Å². The summed E-state index contributed by atoms with van der Waals surface area (Å²) < 4.78 is 1.56. The van der Waals surface area contributed by atoms with Gasteiger partial charge in [-0.15, -0.1) is 0 Å². The van der Waals surface area contributed by atoms with E-state index in [0.717, 1.165) is 16.9 Å². The number of nitrogens with zero attached hydrogens (tertiary/aromatic N) is 1. The van der Waals surface area contributed by atoms with Crippen LogP contribution in [-0.4, -0.2) is 9.78 Å². The third-order valence-corrected chi connectivity index (χ3v) is 2.20. The predicted octanol–water partition coefficient (Wildman–Crippen LogP) is 1.78. The van der Waals surface area contributed by atoms with E-state index in [1.165, 1.54) is 0 Å². The van der Waals surface area contributed by atoms with Gasteiger partial charge in [0.05, 0.1) is 5.69 Å². The molecule has 2 aromatic rings. The first-order valence-corrected chi connectivity index (χ1v) is 4.53. The molecule has 0 atom stereocenters. The van der Waals surface area contributed by atoms with Crippen molar-refractivity contribution in [2.24, 2.45) is 0 Å². The van der Waals surface area contributed by atoms with Gasteiger partial charge in [0.15, 0.2) is 0 Å². The molecule has 0 aliphatic rings. The standard InChI is InChI=1S/C11H12N2O/c1-8-5-3-4-6-10(8)13-11(14)7-9(2)12-13/h3-7,12H,1-2H3. The lowest BCUT2D eigenvalue weighted by Crippen LogP contribution is -2.14. The van der Waals surface area contributed by atoms with Crippen LogP contribution in [0.1, 0.15) is 11.3 Å². The van der Waals surface area contributed by atoms with Crippen molar-refractivity contribution in [1.29, 1.82) is 0 Å². The third kappa shape index (κ3) is 1.37. The molecule has 3 nitrogen and oxygen atoms in total. The van der Waals surface area contributed by atoms with Crippen molar-refractivity contribution < 1.29 is 0 Å². The summed E-state index contributed by atoms with van der Waals surface area (Å²) in [6.07, 6.45) is 0. The maximum Gasteiger partial charge on any atom is 0.271 e. The highest BCUT2D eigenvalue weighted by Gasteiger charge is 2.03. The molecular weight excluding hydrogens is 176 g/mol. The molecule has 0 fully saturated rings. The van der Waals surface area contributed by atoms with E-state index in [1.54, 1.807) is 10.7 Å². The fourth-order valence-corrected chi connectivity index (χ4v) is 1.51. The van der Waals surface area contributed by atoms with Gasteiger partial charge in [-0.05, 0) is 25.5 Å². The summed E-state index contributed by atoms with van der Waals surface area (Å²) in [5.41, 5.74) is 2.84. The molecule has 0 saturated heterocycles. The number of benzene rings is 1. The smallest absolute Gasteiger partial charge is 0.271 e. The number of hydrogen-bond acceptors (Lipinski definition) is 1. The van der Waals surface area contributed by atoms with E-state index >= 15 is 0 Å². The van der Waals surface area contributed by atoms with Crippen molar-refractivity contribution in [3.8, 4) is 5.69 Å². The lowest BCUT2D eigenvalue weighted by atomic mass is 10.2. The normalized spacial score (nSPS) is 10.4. The Morgan fingerprint density at radius 1 is 1.21 bits per heavy atom. The van der Waals surface area contributed by atoms with Gasteiger partial charge in [-0.1, -0.05) is 18.2 Å². The summed E-state index contributed by atoms with van der Waals surface area (Å²) in [6, 6.07) is 9.38. The van der Waals surface area contributed by atoms with E-state index < -0.39 is 0 Å². The summed E-state index contributed by atoms with van der Waals surface area (Å²) in [5, 5.41) is 3.01. The summed E-state index contributed by atoms with van der Waals surface area (Å²) >= 11 is 0. The number of hydrogen-bond donors (Lipinski definition) is 1. The minimum absolute atomic E-state index is 0.0169. The highest BCUT2D eigenvalue weighted by Crippen LogP contribution is 2.09. The van der Waals surface area contributed by atoms with Crippen LogP contribution in [0.4, 0.5) is 0 Å². The zero-order valence-electron chi connectivity index (χ0n) is 8.24. The second-order valence-electron chi connectivity index (χ2n) is 3.40. The number of aromatic nitrogens is 2. The van der Waals surface area contributed by atoms with E-state index in [4.69, 9.17) is 0 Å². The molecule has 0 unspecified atom stereocenters. The number of para-hydroxylation sites is 1. The zero-order valence-corrected chi connectivity index (χ0v) is 8.24. The molecule has 14 heavy (non-hydrogen) atoms. The molecule has 1 N–H and O–H groups in total. The molecule has 1 aromatic carbocycles. The molecule has 3 heteroatoms. The fourth-order valence-electron chi connectivity index (χ4n) is 1.51.